The van der Waals surface area contributed by atoms with E-state index < -0.39 is 0 Å². The summed E-state index contributed by atoms with van der Waals surface area (Å²) >= 11 is 5.91. The van der Waals surface area contributed by atoms with Crippen LogP contribution in [0.25, 0.3) is 11.0 Å². The normalized spacial score (nSPS) is 20.2. The van der Waals surface area contributed by atoms with Crippen LogP contribution >= 0.6 is 11.6 Å². The van der Waals surface area contributed by atoms with E-state index in [2.05, 4.69) is 10.3 Å². The lowest BCUT2D eigenvalue weighted by atomic mass is 10.1. The lowest BCUT2D eigenvalue weighted by Crippen LogP contribution is -2.22. The molecule has 17 heavy (non-hydrogen) atoms. The molecular formula is C12H14ClN3O. The summed E-state index contributed by atoms with van der Waals surface area (Å²) in [6.07, 6.45) is 1.13. The number of nitrogens with one attached hydrogen (secondary N) is 2. The fourth-order valence-electron chi connectivity index (χ4n) is 2.45. The maximum atomic E-state index is 11.9. The molecular weight excluding hydrogens is 238 g/mol. The van der Waals surface area contributed by atoms with E-state index in [1.54, 1.807) is 6.07 Å². The van der Waals surface area contributed by atoms with Gasteiger partial charge in [0.1, 0.15) is 0 Å². The largest absolute Gasteiger partial charge is 0.326 e. The van der Waals surface area contributed by atoms with Crippen molar-refractivity contribution >= 4 is 22.6 Å². The molecule has 5 heteroatoms. The third-order valence-electron chi connectivity index (χ3n) is 3.34. The first-order valence-corrected chi connectivity index (χ1v) is 6.20. The van der Waals surface area contributed by atoms with E-state index in [0.29, 0.717) is 10.9 Å². The Morgan fingerprint density at radius 1 is 1.47 bits per heavy atom. The molecule has 1 saturated heterocycles. The van der Waals surface area contributed by atoms with Gasteiger partial charge in [0.05, 0.1) is 11.0 Å². The molecule has 1 fully saturated rings. The van der Waals surface area contributed by atoms with Gasteiger partial charge in [0.2, 0.25) is 0 Å². The Kier molecular flexibility index (Phi) is 2.68. The van der Waals surface area contributed by atoms with Crippen LogP contribution in [0.2, 0.25) is 5.02 Å². The summed E-state index contributed by atoms with van der Waals surface area (Å²) in [6.45, 7) is 2.81. The maximum absolute atomic E-state index is 11.9. The number of hydrogen-bond acceptors (Lipinski definition) is 2. The van der Waals surface area contributed by atoms with Crippen molar-refractivity contribution in [1.82, 2.24) is 14.9 Å². The van der Waals surface area contributed by atoms with Gasteiger partial charge in [-0.2, -0.15) is 0 Å². The van der Waals surface area contributed by atoms with Crippen LogP contribution in [-0.2, 0) is 6.54 Å². The van der Waals surface area contributed by atoms with Crippen molar-refractivity contribution < 1.29 is 0 Å². The van der Waals surface area contributed by atoms with Gasteiger partial charge in [0, 0.05) is 11.6 Å². The van der Waals surface area contributed by atoms with Crippen LogP contribution in [0.15, 0.2) is 23.0 Å². The Labute approximate surface area is 104 Å². The van der Waals surface area contributed by atoms with Crippen molar-refractivity contribution in [2.75, 3.05) is 13.1 Å². The van der Waals surface area contributed by atoms with E-state index in [1.807, 2.05) is 16.7 Å². The van der Waals surface area contributed by atoms with E-state index >= 15 is 0 Å². The Morgan fingerprint density at radius 2 is 2.35 bits per heavy atom. The second-order valence-electron chi connectivity index (χ2n) is 4.56. The first-order chi connectivity index (χ1) is 8.24. The van der Waals surface area contributed by atoms with E-state index in [9.17, 15) is 4.79 Å². The summed E-state index contributed by atoms with van der Waals surface area (Å²) in [5.41, 5.74) is 1.70. The fraction of sp³-hybridized carbons (Fsp3) is 0.417. The summed E-state index contributed by atoms with van der Waals surface area (Å²) in [7, 11) is 0. The highest BCUT2D eigenvalue weighted by Crippen LogP contribution is 2.18. The van der Waals surface area contributed by atoms with Gasteiger partial charge < -0.3 is 10.3 Å². The van der Waals surface area contributed by atoms with Crippen LogP contribution in [0.5, 0.6) is 0 Å². The molecule has 2 heterocycles. The molecule has 0 radical (unpaired) electrons. The van der Waals surface area contributed by atoms with Crippen LogP contribution in [-0.4, -0.2) is 22.6 Å². The second kappa shape index (κ2) is 4.20. The first kappa shape index (κ1) is 10.9. The van der Waals surface area contributed by atoms with Gasteiger partial charge in [-0.05, 0) is 43.6 Å². The van der Waals surface area contributed by atoms with Crippen LogP contribution in [0.1, 0.15) is 6.42 Å². The number of H-pyrrole nitrogens is 1. The number of halogens is 1. The Hall–Kier alpha value is -1.26. The van der Waals surface area contributed by atoms with Crippen LogP contribution in [0.4, 0.5) is 0 Å². The van der Waals surface area contributed by atoms with Gasteiger partial charge in [0.15, 0.2) is 0 Å². The Bertz CT molecular complexity index is 595. The highest BCUT2D eigenvalue weighted by molar-refractivity contribution is 6.31. The Balaban J connectivity index is 2.02. The van der Waals surface area contributed by atoms with Crippen molar-refractivity contribution in [3.63, 3.8) is 0 Å². The molecule has 0 saturated carbocycles. The van der Waals surface area contributed by atoms with Crippen LogP contribution < -0.4 is 11.0 Å². The van der Waals surface area contributed by atoms with Gasteiger partial charge in [0.25, 0.3) is 0 Å². The molecule has 0 spiro atoms. The number of aromatic amines is 1. The van der Waals surface area contributed by atoms with Crippen molar-refractivity contribution in [2.45, 2.75) is 13.0 Å². The van der Waals surface area contributed by atoms with Crippen molar-refractivity contribution in [3.8, 4) is 0 Å². The number of benzene rings is 1. The molecule has 1 aliphatic rings. The van der Waals surface area contributed by atoms with Gasteiger partial charge in [-0.1, -0.05) is 11.6 Å². The van der Waals surface area contributed by atoms with Crippen molar-refractivity contribution in [1.29, 1.82) is 0 Å². The standard InChI is InChI=1S/C12H14ClN3O/c13-9-1-2-11-10(5-9)15-12(17)16(11)7-8-3-4-14-6-8/h1-2,5,8,14H,3-4,6-7H2,(H,15,17). The number of rotatable bonds is 2. The quantitative estimate of drug-likeness (QED) is 0.852. The molecule has 1 aliphatic heterocycles. The predicted molar refractivity (Wildman–Crippen MR) is 68.5 cm³/mol. The minimum absolute atomic E-state index is 0.0471. The first-order valence-electron chi connectivity index (χ1n) is 5.83. The van der Waals surface area contributed by atoms with E-state index in [4.69, 9.17) is 11.6 Å². The smallest absolute Gasteiger partial charge is 0.316 e. The lowest BCUT2D eigenvalue weighted by Gasteiger charge is -2.09. The molecule has 2 N–H and O–H groups in total. The highest BCUT2D eigenvalue weighted by atomic mass is 35.5. The number of nitrogens with zero attached hydrogens (tertiary/aromatic N) is 1. The summed E-state index contributed by atoms with van der Waals surface area (Å²) in [5, 5.41) is 3.96. The van der Waals surface area contributed by atoms with E-state index in [1.165, 1.54) is 0 Å². The van der Waals surface area contributed by atoms with Crippen molar-refractivity contribution in [3.05, 3.63) is 33.7 Å². The minimum Gasteiger partial charge on any atom is -0.316 e. The Morgan fingerprint density at radius 3 is 3.12 bits per heavy atom. The summed E-state index contributed by atoms with van der Waals surface area (Å²) in [6, 6.07) is 5.51. The summed E-state index contributed by atoms with van der Waals surface area (Å²) in [4.78, 5) is 14.7. The third kappa shape index (κ3) is 1.98. The molecule has 2 aromatic rings. The zero-order valence-electron chi connectivity index (χ0n) is 9.37. The van der Waals surface area contributed by atoms with Gasteiger partial charge in [-0.25, -0.2) is 4.79 Å². The molecule has 1 aromatic heterocycles. The highest BCUT2D eigenvalue weighted by Gasteiger charge is 2.17. The zero-order valence-corrected chi connectivity index (χ0v) is 10.1. The number of fused-ring (bicyclic) bond motifs is 1. The number of imidazole rings is 1. The summed E-state index contributed by atoms with van der Waals surface area (Å²) < 4.78 is 1.81. The van der Waals surface area contributed by atoms with Crippen molar-refractivity contribution in [2.24, 2.45) is 5.92 Å². The van der Waals surface area contributed by atoms with Gasteiger partial charge >= 0.3 is 5.69 Å². The predicted octanol–water partition coefficient (Wildman–Crippen LogP) is 1.59. The molecule has 0 aliphatic carbocycles. The molecule has 4 nitrogen and oxygen atoms in total. The minimum atomic E-state index is -0.0471. The molecule has 1 atom stereocenters. The molecule has 0 bridgehead atoms. The fourth-order valence-corrected chi connectivity index (χ4v) is 2.62. The zero-order chi connectivity index (χ0) is 11.8. The molecule has 1 aromatic carbocycles. The lowest BCUT2D eigenvalue weighted by molar-refractivity contribution is 0.481. The average Bonchev–Trinajstić information content (AvgIpc) is 2.88. The number of hydrogen-bond donors (Lipinski definition) is 2. The van der Waals surface area contributed by atoms with Crippen LogP contribution in [0.3, 0.4) is 0 Å². The van der Waals surface area contributed by atoms with Gasteiger partial charge in [-0.15, -0.1) is 0 Å². The SMILES string of the molecule is O=c1[nH]c2cc(Cl)ccc2n1CC1CCNC1. The molecule has 0 amide bonds. The molecule has 1 unspecified atom stereocenters. The monoisotopic (exact) mass is 251 g/mol. The maximum Gasteiger partial charge on any atom is 0.326 e. The van der Waals surface area contributed by atoms with Crippen LogP contribution in [0, 0.1) is 5.92 Å². The molecule has 3 rings (SSSR count). The average molecular weight is 252 g/mol. The van der Waals surface area contributed by atoms with E-state index in [-0.39, 0.29) is 5.69 Å². The third-order valence-corrected chi connectivity index (χ3v) is 3.57. The topological polar surface area (TPSA) is 49.8 Å². The second-order valence-corrected chi connectivity index (χ2v) is 5.00. The van der Waals surface area contributed by atoms with E-state index in [0.717, 1.165) is 37.1 Å². The number of aromatic nitrogens is 2. The summed E-state index contributed by atoms with van der Waals surface area (Å²) in [5.74, 6) is 0.544. The van der Waals surface area contributed by atoms with Gasteiger partial charge in [-0.3, -0.25) is 4.57 Å². The molecule has 90 valence electrons.